The zero-order chi connectivity index (χ0) is 16.1. The van der Waals surface area contributed by atoms with Gasteiger partial charge in [-0.25, -0.2) is 9.59 Å². The lowest BCUT2D eigenvalue weighted by Crippen LogP contribution is -2.34. The Morgan fingerprint density at radius 2 is 2.22 bits per heavy atom. The van der Waals surface area contributed by atoms with Crippen LogP contribution in [0.4, 0.5) is 10.8 Å². The zero-order valence-corrected chi connectivity index (χ0v) is 12.5. The van der Waals surface area contributed by atoms with Gasteiger partial charge in [-0.1, -0.05) is 19.4 Å². The van der Waals surface area contributed by atoms with E-state index in [1.807, 2.05) is 6.92 Å². The van der Waals surface area contributed by atoms with Crippen LogP contribution in [0.5, 0.6) is 0 Å². The highest BCUT2D eigenvalue weighted by atomic mass is 16.5. The summed E-state index contributed by atoms with van der Waals surface area (Å²) >= 11 is 0. The van der Waals surface area contributed by atoms with Crippen LogP contribution in [0, 0.1) is 0 Å². The standard InChI is InChI=1S/C14H17N3O5.H2O/c1-2-3-6-21-14(20)17-11(12(18)19)8-4-5-10-9(7-8)16-13(15)22-10;/h4-5,7,11H,2-3,6H2,1H3,(H2,15,16)(H,17,20)(H,18,19);1H2/t11-;/m1./s1. The number of hydrogen-bond donors (Lipinski definition) is 3. The van der Waals surface area contributed by atoms with Crippen LogP contribution in [-0.2, 0) is 9.53 Å². The highest BCUT2D eigenvalue weighted by Crippen LogP contribution is 2.22. The molecule has 1 heterocycles. The van der Waals surface area contributed by atoms with E-state index in [2.05, 4.69) is 10.3 Å². The number of nitrogens with one attached hydrogen (secondary N) is 1. The first-order chi connectivity index (χ1) is 10.5. The molecule has 0 saturated carbocycles. The number of anilines is 1. The van der Waals surface area contributed by atoms with E-state index in [1.165, 1.54) is 12.1 Å². The topological polar surface area (TPSA) is 159 Å². The van der Waals surface area contributed by atoms with E-state index in [0.29, 0.717) is 16.7 Å². The summed E-state index contributed by atoms with van der Waals surface area (Å²) in [6, 6.07) is 3.33. The summed E-state index contributed by atoms with van der Waals surface area (Å²) in [5.41, 5.74) is 6.65. The molecule has 1 amide bonds. The van der Waals surface area contributed by atoms with Gasteiger partial charge in [-0.3, -0.25) is 0 Å². The number of aromatic nitrogens is 1. The van der Waals surface area contributed by atoms with Crippen LogP contribution in [-0.4, -0.2) is 34.2 Å². The maximum Gasteiger partial charge on any atom is 0.408 e. The van der Waals surface area contributed by atoms with Crippen molar-refractivity contribution in [3.05, 3.63) is 23.8 Å². The number of nitrogens with zero attached hydrogens (tertiary/aromatic N) is 1. The summed E-state index contributed by atoms with van der Waals surface area (Å²) in [5.74, 6) is -1.21. The molecule has 2 aromatic rings. The number of oxazole rings is 1. The van der Waals surface area contributed by atoms with Gasteiger partial charge in [0.15, 0.2) is 11.6 Å². The molecule has 0 aliphatic rings. The molecule has 6 N–H and O–H groups in total. The Balaban J connectivity index is 0.00000264. The molecule has 2 rings (SSSR count). The fraction of sp³-hybridized carbons (Fsp3) is 0.357. The van der Waals surface area contributed by atoms with Crippen molar-refractivity contribution in [2.45, 2.75) is 25.8 Å². The summed E-state index contributed by atoms with van der Waals surface area (Å²) in [6.45, 7) is 2.20. The van der Waals surface area contributed by atoms with Crippen molar-refractivity contribution in [1.29, 1.82) is 0 Å². The number of hydrogen-bond acceptors (Lipinski definition) is 6. The molecule has 0 unspecified atom stereocenters. The first-order valence-corrected chi connectivity index (χ1v) is 6.83. The van der Waals surface area contributed by atoms with E-state index in [9.17, 15) is 14.7 Å². The van der Waals surface area contributed by atoms with Crippen molar-refractivity contribution in [1.82, 2.24) is 10.3 Å². The number of aliphatic carboxylic acids is 1. The highest BCUT2D eigenvalue weighted by molar-refractivity contribution is 5.83. The van der Waals surface area contributed by atoms with Crippen LogP contribution in [0.2, 0.25) is 0 Å². The maximum absolute atomic E-state index is 11.6. The van der Waals surface area contributed by atoms with Crippen LogP contribution in [0.15, 0.2) is 22.6 Å². The Kier molecular flexibility index (Phi) is 6.34. The van der Waals surface area contributed by atoms with Gasteiger partial charge < -0.3 is 30.8 Å². The molecule has 0 aliphatic heterocycles. The Morgan fingerprint density at radius 3 is 2.87 bits per heavy atom. The number of rotatable bonds is 6. The highest BCUT2D eigenvalue weighted by Gasteiger charge is 2.23. The first kappa shape index (κ1) is 18.2. The molecule has 0 aliphatic carbocycles. The fourth-order valence-corrected chi connectivity index (χ4v) is 1.90. The number of amides is 1. The predicted octanol–water partition coefficient (Wildman–Crippen LogP) is 1.24. The quantitative estimate of drug-likeness (QED) is 0.673. The van der Waals surface area contributed by atoms with E-state index < -0.39 is 18.1 Å². The van der Waals surface area contributed by atoms with Gasteiger partial charge in [-0.2, -0.15) is 4.98 Å². The van der Waals surface area contributed by atoms with Gasteiger partial charge >= 0.3 is 12.1 Å². The van der Waals surface area contributed by atoms with Crippen LogP contribution < -0.4 is 11.1 Å². The minimum Gasteiger partial charge on any atom is -0.479 e. The second-order valence-corrected chi connectivity index (χ2v) is 4.68. The molecule has 23 heavy (non-hydrogen) atoms. The van der Waals surface area contributed by atoms with E-state index in [0.717, 1.165) is 12.8 Å². The number of benzene rings is 1. The molecule has 1 aromatic heterocycles. The molecule has 0 radical (unpaired) electrons. The van der Waals surface area contributed by atoms with Gasteiger partial charge in [-0.05, 0) is 24.1 Å². The summed E-state index contributed by atoms with van der Waals surface area (Å²) in [5, 5.41) is 11.6. The van der Waals surface area contributed by atoms with Crippen molar-refractivity contribution in [2.75, 3.05) is 12.3 Å². The molecule has 1 aromatic carbocycles. The lowest BCUT2D eigenvalue weighted by atomic mass is 10.1. The van der Waals surface area contributed by atoms with Gasteiger partial charge in [0.1, 0.15) is 5.52 Å². The lowest BCUT2D eigenvalue weighted by Gasteiger charge is -2.14. The molecule has 9 heteroatoms. The smallest absolute Gasteiger partial charge is 0.408 e. The summed E-state index contributed by atoms with van der Waals surface area (Å²) in [6.07, 6.45) is 0.815. The Hall–Kier alpha value is -2.81. The third kappa shape index (κ3) is 4.58. The fourth-order valence-electron chi connectivity index (χ4n) is 1.90. The number of unbranched alkanes of at least 4 members (excludes halogenated alkanes) is 1. The summed E-state index contributed by atoms with van der Waals surface area (Å²) in [4.78, 5) is 26.9. The van der Waals surface area contributed by atoms with Crippen LogP contribution in [0.1, 0.15) is 31.4 Å². The Bertz CT molecular complexity index is 684. The SMILES string of the molecule is CCCCOC(=O)N[C@@H](C(=O)O)c1ccc2oc(N)nc2c1.O. The predicted molar refractivity (Wildman–Crippen MR) is 81.8 cm³/mol. The van der Waals surface area contributed by atoms with Gasteiger partial charge in [0.05, 0.1) is 6.61 Å². The number of nitrogen functional groups attached to an aromatic ring is 1. The number of carboxylic acid groups (broad SMARTS) is 1. The van der Waals surface area contributed by atoms with Gasteiger partial charge in [-0.15, -0.1) is 0 Å². The van der Waals surface area contributed by atoms with Crippen molar-refractivity contribution in [3.8, 4) is 0 Å². The van der Waals surface area contributed by atoms with Crippen LogP contribution >= 0.6 is 0 Å². The van der Waals surface area contributed by atoms with Gasteiger partial charge in [0.25, 0.3) is 6.01 Å². The first-order valence-electron chi connectivity index (χ1n) is 6.83. The minimum absolute atomic E-state index is 0. The number of carboxylic acids is 1. The van der Waals surface area contributed by atoms with E-state index in [1.54, 1.807) is 6.07 Å². The molecule has 0 spiro atoms. The Morgan fingerprint density at radius 1 is 1.48 bits per heavy atom. The van der Waals surface area contributed by atoms with Crippen molar-refractivity contribution < 1.29 is 29.3 Å². The van der Waals surface area contributed by atoms with E-state index in [-0.39, 0.29) is 18.1 Å². The molecule has 9 nitrogen and oxygen atoms in total. The normalized spacial score (nSPS) is 11.5. The molecule has 1 atom stereocenters. The van der Waals surface area contributed by atoms with E-state index in [4.69, 9.17) is 14.9 Å². The van der Waals surface area contributed by atoms with Crippen molar-refractivity contribution >= 4 is 29.2 Å². The third-order valence-corrected chi connectivity index (χ3v) is 3.00. The number of alkyl carbamates (subject to hydrolysis) is 1. The lowest BCUT2D eigenvalue weighted by molar-refractivity contribution is -0.139. The van der Waals surface area contributed by atoms with Crippen molar-refractivity contribution in [3.63, 3.8) is 0 Å². The largest absolute Gasteiger partial charge is 0.479 e. The summed E-state index contributed by atoms with van der Waals surface area (Å²) < 4.78 is 10.0. The summed E-state index contributed by atoms with van der Waals surface area (Å²) in [7, 11) is 0. The molecule has 0 saturated heterocycles. The number of nitrogens with two attached hydrogens (primary N) is 1. The molecular formula is C14H19N3O6. The monoisotopic (exact) mass is 325 g/mol. The number of ether oxygens (including phenoxy) is 1. The molecule has 0 bridgehead atoms. The van der Waals surface area contributed by atoms with Crippen molar-refractivity contribution in [2.24, 2.45) is 0 Å². The number of carbonyl (C=O) groups excluding carboxylic acids is 1. The zero-order valence-electron chi connectivity index (χ0n) is 12.5. The van der Waals surface area contributed by atoms with Gasteiger partial charge in [0.2, 0.25) is 0 Å². The number of fused-ring (bicyclic) bond motifs is 1. The average Bonchev–Trinajstić information content (AvgIpc) is 2.83. The second kappa shape index (κ2) is 7.99. The second-order valence-electron chi connectivity index (χ2n) is 4.68. The molecular weight excluding hydrogens is 306 g/mol. The third-order valence-electron chi connectivity index (χ3n) is 3.00. The van der Waals surface area contributed by atoms with Crippen LogP contribution in [0.3, 0.4) is 0 Å². The number of carbonyl (C=O) groups is 2. The van der Waals surface area contributed by atoms with Crippen LogP contribution in [0.25, 0.3) is 11.1 Å². The minimum atomic E-state index is -1.24. The van der Waals surface area contributed by atoms with E-state index >= 15 is 0 Å². The molecule has 0 fully saturated rings. The maximum atomic E-state index is 11.6. The van der Waals surface area contributed by atoms with Gasteiger partial charge in [0, 0.05) is 0 Å². The average molecular weight is 325 g/mol. The molecule has 126 valence electrons. The Labute approximate surface area is 131 Å².